The fraction of sp³-hybridized carbons (Fsp3) is 0.412. The molecule has 2 aromatic rings. The molecule has 0 aliphatic carbocycles. The van der Waals surface area contributed by atoms with E-state index in [0.717, 1.165) is 22.3 Å². The standard InChI is InChI=1S/C15H20N4O.C2H6/c1-8(2)12-6-13(20)9(3)4-10(12)5-11-7-18-15(17)19-14(11)16;1-2/h4,6-8,20H,5H2,1-3H3,(H4,16,17,18,19);1-2H3. The third-order valence-electron chi connectivity index (χ3n) is 3.38. The number of hydrogen-bond donors (Lipinski definition) is 3. The van der Waals surface area contributed by atoms with Crippen LogP contribution >= 0.6 is 0 Å². The Kier molecular flexibility index (Phi) is 6.16. The third-order valence-corrected chi connectivity index (χ3v) is 3.38. The minimum absolute atomic E-state index is 0.178. The molecule has 0 spiro atoms. The molecular weight excluding hydrogens is 276 g/mol. The van der Waals surface area contributed by atoms with Crippen molar-refractivity contribution < 1.29 is 5.11 Å². The van der Waals surface area contributed by atoms with Crippen LogP contribution in [0.5, 0.6) is 5.75 Å². The molecule has 5 nitrogen and oxygen atoms in total. The molecular formula is C17H26N4O. The molecule has 0 atom stereocenters. The molecule has 22 heavy (non-hydrogen) atoms. The van der Waals surface area contributed by atoms with Gasteiger partial charge in [0.2, 0.25) is 5.95 Å². The predicted molar refractivity (Wildman–Crippen MR) is 91.9 cm³/mol. The van der Waals surface area contributed by atoms with E-state index in [9.17, 15) is 5.11 Å². The number of hydrogen-bond acceptors (Lipinski definition) is 5. The molecule has 2 rings (SSSR count). The lowest BCUT2D eigenvalue weighted by molar-refractivity contribution is 0.469. The molecule has 0 aliphatic heterocycles. The maximum absolute atomic E-state index is 9.86. The Morgan fingerprint density at radius 2 is 1.77 bits per heavy atom. The van der Waals surface area contributed by atoms with Crippen molar-refractivity contribution in [1.82, 2.24) is 9.97 Å². The van der Waals surface area contributed by atoms with Gasteiger partial charge in [-0.25, -0.2) is 4.98 Å². The highest BCUT2D eigenvalue weighted by Crippen LogP contribution is 2.29. The van der Waals surface area contributed by atoms with E-state index in [2.05, 4.69) is 23.8 Å². The summed E-state index contributed by atoms with van der Waals surface area (Å²) in [5, 5.41) is 9.86. The van der Waals surface area contributed by atoms with E-state index in [1.165, 1.54) is 0 Å². The lowest BCUT2D eigenvalue weighted by Crippen LogP contribution is -2.06. The summed E-state index contributed by atoms with van der Waals surface area (Å²) in [5.74, 6) is 1.21. The van der Waals surface area contributed by atoms with Crippen LogP contribution in [-0.4, -0.2) is 15.1 Å². The Morgan fingerprint density at radius 3 is 2.32 bits per heavy atom. The van der Waals surface area contributed by atoms with Crippen molar-refractivity contribution in [2.45, 2.75) is 47.0 Å². The van der Waals surface area contributed by atoms with Gasteiger partial charge in [-0.1, -0.05) is 33.8 Å². The number of aromatic hydroxyl groups is 1. The van der Waals surface area contributed by atoms with Crippen LogP contribution in [0.4, 0.5) is 11.8 Å². The number of benzene rings is 1. The van der Waals surface area contributed by atoms with Crippen LogP contribution in [0.3, 0.4) is 0 Å². The van der Waals surface area contributed by atoms with E-state index in [4.69, 9.17) is 11.5 Å². The number of aryl methyl sites for hydroxylation is 1. The number of nitrogens with two attached hydrogens (primary N) is 2. The van der Waals surface area contributed by atoms with Crippen LogP contribution in [-0.2, 0) is 6.42 Å². The van der Waals surface area contributed by atoms with Crippen molar-refractivity contribution in [3.8, 4) is 5.75 Å². The van der Waals surface area contributed by atoms with Crippen molar-refractivity contribution >= 4 is 11.8 Å². The van der Waals surface area contributed by atoms with E-state index in [1.807, 2.05) is 32.9 Å². The van der Waals surface area contributed by atoms with Gasteiger partial charge < -0.3 is 16.6 Å². The van der Waals surface area contributed by atoms with E-state index in [-0.39, 0.29) is 5.95 Å². The van der Waals surface area contributed by atoms with Crippen LogP contribution in [0.2, 0.25) is 0 Å². The largest absolute Gasteiger partial charge is 0.508 e. The van der Waals surface area contributed by atoms with Gasteiger partial charge in [0, 0.05) is 18.2 Å². The van der Waals surface area contributed by atoms with Gasteiger partial charge in [-0.2, -0.15) is 4.98 Å². The average Bonchev–Trinajstić information content (AvgIpc) is 2.47. The molecule has 1 heterocycles. The Balaban J connectivity index is 0.00000116. The number of aromatic nitrogens is 2. The number of nitrogens with zero attached hydrogens (tertiary/aromatic N) is 2. The first-order valence-electron chi connectivity index (χ1n) is 7.57. The summed E-state index contributed by atoms with van der Waals surface area (Å²) in [7, 11) is 0. The summed E-state index contributed by atoms with van der Waals surface area (Å²) in [6.07, 6.45) is 2.28. The van der Waals surface area contributed by atoms with Gasteiger partial charge in [0.05, 0.1) is 0 Å². The normalized spacial score (nSPS) is 10.3. The second-order valence-electron chi connectivity index (χ2n) is 5.31. The Hall–Kier alpha value is -2.30. The van der Waals surface area contributed by atoms with Crippen LogP contribution in [0.15, 0.2) is 18.3 Å². The number of nitrogen functional groups attached to an aromatic ring is 2. The average molecular weight is 302 g/mol. The van der Waals surface area contributed by atoms with Gasteiger partial charge in [0.25, 0.3) is 0 Å². The summed E-state index contributed by atoms with van der Waals surface area (Å²) in [6.45, 7) is 10.1. The topological polar surface area (TPSA) is 98.0 Å². The lowest BCUT2D eigenvalue weighted by atomic mass is 9.91. The first-order valence-corrected chi connectivity index (χ1v) is 7.57. The first kappa shape index (κ1) is 17.8. The molecule has 5 N–H and O–H groups in total. The molecule has 0 saturated carbocycles. The third kappa shape index (κ3) is 4.10. The SMILES string of the molecule is CC.Cc1cc(Cc2cnc(N)nc2N)c(C(C)C)cc1O. The van der Waals surface area contributed by atoms with E-state index < -0.39 is 0 Å². The number of phenolic OH excluding ortho intramolecular Hbond substituents is 1. The van der Waals surface area contributed by atoms with Crippen LogP contribution < -0.4 is 11.5 Å². The fourth-order valence-corrected chi connectivity index (χ4v) is 2.24. The Labute approximate surface area is 132 Å². The van der Waals surface area contributed by atoms with Crippen molar-refractivity contribution in [3.05, 3.63) is 40.6 Å². The second-order valence-corrected chi connectivity index (χ2v) is 5.31. The van der Waals surface area contributed by atoms with Gasteiger partial charge in [-0.05, 0) is 35.6 Å². The monoisotopic (exact) mass is 302 g/mol. The molecule has 120 valence electrons. The number of anilines is 2. The van der Waals surface area contributed by atoms with Gasteiger partial charge in [0.15, 0.2) is 0 Å². The predicted octanol–water partition coefficient (Wildman–Crippen LogP) is 3.40. The highest BCUT2D eigenvalue weighted by atomic mass is 16.3. The van der Waals surface area contributed by atoms with E-state index in [0.29, 0.717) is 23.9 Å². The smallest absolute Gasteiger partial charge is 0.221 e. The summed E-state index contributed by atoms with van der Waals surface area (Å²) in [6, 6.07) is 3.81. The zero-order valence-electron chi connectivity index (χ0n) is 14.0. The molecule has 5 heteroatoms. The molecule has 0 aliphatic rings. The highest BCUT2D eigenvalue weighted by molar-refractivity contribution is 5.48. The summed E-state index contributed by atoms with van der Waals surface area (Å²) in [5.41, 5.74) is 15.3. The molecule has 1 aromatic carbocycles. The zero-order chi connectivity index (χ0) is 16.9. The van der Waals surface area contributed by atoms with Gasteiger partial charge in [-0.15, -0.1) is 0 Å². The van der Waals surface area contributed by atoms with Crippen molar-refractivity contribution in [3.63, 3.8) is 0 Å². The summed E-state index contributed by atoms with van der Waals surface area (Å²) in [4.78, 5) is 7.97. The maximum atomic E-state index is 9.86. The van der Waals surface area contributed by atoms with Crippen LogP contribution in [0, 0.1) is 6.92 Å². The Morgan fingerprint density at radius 1 is 1.14 bits per heavy atom. The molecule has 0 fully saturated rings. The Bertz CT molecular complexity index is 639. The van der Waals surface area contributed by atoms with E-state index >= 15 is 0 Å². The van der Waals surface area contributed by atoms with Crippen molar-refractivity contribution in [2.75, 3.05) is 11.5 Å². The molecule has 1 aromatic heterocycles. The molecule has 0 radical (unpaired) electrons. The van der Waals surface area contributed by atoms with Crippen LogP contribution in [0.1, 0.15) is 55.9 Å². The van der Waals surface area contributed by atoms with Crippen molar-refractivity contribution in [2.24, 2.45) is 0 Å². The minimum atomic E-state index is 0.178. The lowest BCUT2D eigenvalue weighted by Gasteiger charge is -2.15. The van der Waals surface area contributed by atoms with Crippen molar-refractivity contribution in [1.29, 1.82) is 0 Å². The van der Waals surface area contributed by atoms with Gasteiger partial charge >= 0.3 is 0 Å². The first-order chi connectivity index (χ1) is 10.4. The minimum Gasteiger partial charge on any atom is -0.508 e. The molecule has 0 bridgehead atoms. The second kappa shape index (κ2) is 7.64. The highest BCUT2D eigenvalue weighted by Gasteiger charge is 2.13. The van der Waals surface area contributed by atoms with E-state index in [1.54, 1.807) is 6.20 Å². The van der Waals surface area contributed by atoms with Crippen LogP contribution in [0.25, 0.3) is 0 Å². The number of rotatable bonds is 3. The fourth-order valence-electron chi connectivity index (χ4n) is 2.24. The summed E-state index contributed by atoms with van der Waals surface area (Å²) < 4.78 is 0. The summed E-state index contributed by atoms with van der Waals surface area (Å²) >= 11 is 0. The quantitative estimate of drug-likeness (QED) is 0.807. The van der Waals surface area contributed by atoms with Gasteiger partial charge in [-0.3, -0.25) is 0 Å². The van der Waals surface area contributed by atoms with Gasteiger partial charge in [0.1, 0.15) is 11.6 Å². The number of phenols is 1. The molecule has 0 amide bonds. The molecule has 0 saturated heterocycles. The maximum Gasteiger partial charge on any atom is 0.221 e. The zero-order valence-corrected chi connectivity index (χ0v) is 14.0. The molecule has 0 unspecified atom stereocenters.